The van der Waals surface area contributed by atoms with E-state index in [0.717, 1.165) is 16.2 Å². The molecule has 2 aromatic rings. The van der Waals surface area contributed by atoms with Crippen LogP contribution in [0.4, 0.5) is 4.79 Å². The lowest BCUT2D eigenvalue weighted by Gasteiger charge is -2.30. The lowest BCUT2D eigenvalue weighted by atomic mass is 10.1. The van der Waals surface area contributed by atoms with E-state index in [4.69, 9.17) is 9.47 Å². The van der Waals surface area contributed by atoms with Crippen LogP contribution in [0.3, 0.4) is 0 Å². The van der Waals surface area contributed by atoms with Gasteiger partial charge >= 0.3 is 6.09 Å². The van der Waals surface area contributed by atoms with Crippen molar-refractivity contribution in [2.45, 2.75) is 29.6 Å². The molecule has 1 amide bonds. The first-order valence-electron chi connectivity index (χ1n) is 8.67. The number of carbonyl (C=O) groups is 1. The molecule has 0 N–H and O–H groups in total. The number of methoxy groups -OCH3 is 1. The van der Waals surface area contributed by atoms with Gasteiger partial charge in [0.2, 0.25) is 0 Å². The molecule has 3 rings (SSSR count). The first-order chi connectivity index (χ1) is 12.7. The molecule has 1 fully saturated rings. The molecule has 1 unspecified atom stereocenters. The Bertz CT molecular complexity index is 740. The van der Waals surface area contributed by atoms with Crippen molar-refractivity contribution in [3.8, 4) is 5.75 Å². The van der Waals surface area contributed by atoms with Crippen molar-refractivity contribution < 1.29 is 18.5 Å². The number of rotatable bonds is 5. The van der Waals surface area contributed by atoms with Crippen LogP contribution in [-0.4, -0.2) is 40.7 Å². The van der Waals surface area contributed by atoms with Crippen LogP contribution in [0.25, 0.3) is 0 Å². The topological polar surface area (TPSA) is 55.8 Å². The summed E-state index contributed by atoms with van der Waals surface area (Å²) in [5.41, 5.74) is 0.969. The maximum atomic E-state index is 12.7. The number of hydrogen-bond donors (Lipinski definition) is 0. The fourth-order valence-electron chi connectivity index (χ4n) is 2.97. The molecule has 1 saturated heterocycles. The summed E-state index contributed by atoms with van der Waals surface area (Å²) in [5.74, 6) is 0.752. The maximum absolute atomic E-state index is 12.7. The van der Waals surface area contributed by atoms with Gasteiger partial charge in [-0.15, -0.1) is 0 Å². The molecule has 1 atom stereocenters. The van der Waals surface area contributed by atoms with Crippen molar-refractivity contribution in [3.63, 3.8) is 0 Å². The van der Waals surface area contributed by atoms with Crippen molar-refractivity contribution in [1.29, 1.82) is 0 Å². The molecule has 0 bridgehead atoms. The van der Waals surface area contributed by atoms with Crippen LogP contribution in [0.1, 0.15) is 18.4 Å². The minimum Gasteiger partial charge on any atom is -0.497 e. The zero-order chi connectivity index (χ0) is 18.4. The second kappa shape index (κ2) is 8.85. The van der Waals surface area contributed by atoms with Gasteiger partial charge in [0.15, 0.2) is 0 Å². The van der Waals surface area contributed by atoms with Crippen LogP contribution in [0.5, 0.6) is 5.75 Å². The SMILES string of the molecule is COc1ccc(S(=O)C2CCN(C(=O)OCc3ccccc3)CC2)cc1. The van der Waals surface area contributed by atoms with E-state index in [1.807, 2.05) is 54.6 Å². The highest BCUT2D eigenvalue weighted by molar-refractivity contribution is 7.85. The smallest absolute Gasteiger partial charge is 0.410 e. The summed E-state index contributed by atoms with van der Waals surface area (Å²) in [5, 5.41) is 0.0570. The minimum absolute atomic E-state index is 0.0570. The Hall–Kier alpha value is -2.34. The van der Waals surface area contributed by atoms with Gasteiger partial charge in [-0.05, 0) is 42.7 Å². The molecule has 0 aliphatic carbocycles. The number of ether oxygens (including phenoxy) is 2. The van der Waals surface area contributed by atoms with Gasteiger partial charge in [0.05, 0.1) is 17.9 Å². The molecule has 2 aromatic carbocycles. The van der Waals surface area contributed by atoms with E-state index >= 15 is 0 Å². The van der Waals surface area contributed by atoms with Crippen molar-refractivity contribution in [3.05, 3.63) is 60.2 Å². The van der Waals surface area contributed by atoms with Crippen molar-refractivity contribution in [1.82, 2.24) is 4.90 Å². The Kier molecular flexibility index (Phi) is 6.28. The highest BCUT2D eigenvalue weighted by Crippen LogP contribution is 2.23. The summed E-state index contributed by atoms with van der Waals surface area (Å²) in [6.07, 6.45) is 1.11. The molecule has 0 saturated carbocycles. The van der Waals surface area contributed by atoms with Gasteiger partial charge in [-0.2, -0.15) is 0 Å². The monoisotopic (exact) mass is 373 g/mol. The molecule has 0 aromatic heterocycles. The fourth-order valence-corrected chi connectivity index (χ4v) is 4.39. The zero-order valence-electron chi connectivity index (χ0n) is 14.8. The van der Waals surface area contributed by atoms with Crippen molar-refractivity contribution in [2.24, 2.45) is 0 Å². The first-order valence-corrected chi connectivity index (χ1v) is 9.89. The number of benzene rings is 2. The summed E-state index contributed by atoms with van der Waals surface area (Å²) in [6, 6.07) is 17.0. The van der Waals surface area contributed by atoms with Crippen LogP contribution >= 0.6 is 0 Å². The van der Waals surface area contributed by atoms with E-state index < -0.39 is 10.8 Å². The Morgan fingerprint density at radius 3 is 2.35 bits per heavy atom. The number of piperidine rings is 1. The summed E-state index contributed by atoms with van der Waals surface area (Å²) in [6.45, 7) is 1.41. The number of nitrogens with zero attached hydrogens (tertiary/aromatic N) is 1. The molecule has 0 radical (unpaired) electrons. The van der Waals surface area contributed by atoms with Crippen molar-refractivity contribution >= 4 is 16.9 Å². The van der Waals surface area contributed by atoms with Gasteiger partial charge in [-0.25, -0.2) is 4.79 Å². The molecule has 0 spiro atoms. The summed E-state index contributed by atoms with van der Waals surface area (Å²) >= 11 is 0. The summed E-state index contributed by atoms with van der Waals surface area (Å²) < 4.78 is 23.2. The molecular weight excluding hydrogens is 350 g/mol. The molecule has 138 valence electrons. The minimum atomic E-state index is -1.08. The fraction of sp³-hybridized carbons (Fsp3) is 0.350. The zero-order valence-corrected chi connectivity index (χ0v) is 15.6. The van der Waals surface area contributed by atoms with E-state index in [2.05, 4.69) is 0 Å². The number of amides is 1. The standard InChI is InChI=1S/C20H23NO4S/c1-24-17-7-9-18(10-8-17)26(23)19-11-13-21(14-12-19)20(22)25-15-16-5-3-2-4-6-16/h2-10,19H,11-15H2,1H3. The Labute approximate surface area is 156 Å². The van der Waals surface area contributed by atoms with Crippen LogP contribution in [-0.2, 0) is 22.1 Å². The average molecular weight is 373 g/mol. The van der Waals surface area contributed by atoms with E-state index in [-0.39, 0.29) is 18.0 Å². The third kappa shape index (κ3) is 4.64. The van der Waals surface area contributed by atoms with Gasteiger partial charge in [-0.1, -0.05) is 30.3 Å². The highest BCUT2D eigenvalue weighted by atomic mass is 32.2. The average Bonchev–Trinajstić information content (AvgIpc) is 2.72. The van der Waals surface area contributed by atoms with Gasteiger partial charge in [0, 0.05) is 23.2 Å². The molecule has 5 nitrogen and oxygen atoms in total. The van der Waals surface area contributed by atoms with Crippen LogP contribution < -0.4 is 4.74 Å². The third-order valence-corrected chi connectivity index (χ3v) is 6.31. The molecule has 1 aliphatic heterocycles. The largest absolute Gasteiger partial charge is 0.497 e. The second-order valence-corrected chi connectivity index (χ2v) is 7.93. The van der Waals surface area contributed by atoms with Gasteiger partial charge in [0.1, 0.15) is 12.4 Å². The lowest BCUT2D eigenvalue weighted by Crippen LogP contribution is -2.41. The third-order valence-electron chi connectivity index (χ3n) is 4.50. The van der Waals surface area contributed by atoms with E-state index in [1.165, 1.54) is 0 Å². The normalized spacial score (nSPS) is 16.1. The van der Waals surface area contributed by atoms with Crippen molar-refractivity contribution in [2.75, 3.05) is 20.2 Å². The Morgan fingerprint density at radius 1 is 1.08 bits per heavy atom. The van der Waals surface area contributed by atoms with Gasteiger partial charge in [-0.3, -0.25) is 4.21 Å². The summed E-state index contributed by atoms with van der Waals surface area (Å²) in [7, 11) is 0.534. The predicted molar refractivity (Wildman–Crippen MR) is 101 cm³/mol. The molecule has 1 aliphatic rings. The molecule has 26 heavy (non-hydrogen) atoms. The number of likely N-dealkylation sites (tertiary alicyclic amines) is 1. The number of hydrogen-bond acceptors (Lipinski definition) is 4. The van der Waals surface area contributed by atoms with Crippen LogP contribution in [0, 0.1) is 0 Å². The van der Waals surface area contributed by atoms with Gasteiger partial charge < -0.3 is 14.4 Å². The Morgan fingerprint density at radius 2 is 1.73 bits per heavy atom. The van der Waals surface area contributed by atoms with E-state index in [0.29, 0.717) is 25.9 Å². The van der Waals surface area contributed by atoms with Crippen LogP contribution in [0.2, 0.25) is 0 Å². The quantitative estimate of drug-likeness (QED) is 0.803. The van der Waals surface area contributed by atoms with E-state index in [1.54, 1.807) is 12.0 Å². The van der Waals surface area contributed by atoms with E-state index in [9.17, 15) is 9.00 Å². The number of carbonyl (C=O) groups excluding carboxylic acids is 1. The maximum Gasteiger partial charge on any atom is 0.410 e. The first kappa shape index (κ1) is 18.5. The second-order valence-electron chi connectivity index (χ2n) is 6.20. The van der Waals surface area contributed by atoms with Gasteiger partial charge in [0.25, 0.3) is 0 Å². The molecule has 6 heteroatoms. The lowest BCUT2D eigenvalue weighted by molar-refractivity contribution is 0.0899. The van der Waals surface area contributed by atoms with Crippen LogP contribution in [0.15, 0.2) is 59.5 Å². The summed E-state index contributed by atoms with van der Waals surface area (Å²) in [4.78, 5) is 14.7. The predicted octanol–water partition coefficient (Wildman–Crippen LogP) is 3.60. The molecular formula is C20H23NO4S. The molecule has 1 heterocycles. The Balaban J connectivity index is 1.48. The highest BCUT2D eigenvalue weighted by Gasteiger charge is 2.28.